The highest BCUT2D eigenvalue weighted by molar-refractivity contribution is 8.77. The van der Waals surface area contributed by atoms with Crippen LogP contribution in [-0.4, -0.2) is 119 Å². The van der Waals surface area contributed by atoms with E-state index in [1.807, 2.05) is 21.6 Å². The Kier molecular flexibility index (Phi) is 17.5. The van der Waals surface area contributed by atoms with Crippen LogP contribution in [0.2, 0.25) is 0 Å². The molecule has 12 nitrogen and oxygen atoms in total. The van der Waals surface area contributed by atoms with Crippen molar-refractivity contribution in [3.8, 4) is 0 Å². The number of amides is 2. The molecular formula is C26H43N3O9S2. The highest BCUT2D eigenvalue weighted by Crippen LogP contribution is 2.39. The molecule has 0 aliphatic carbocycles. The molecular weight excluding hydrogens is 562 g/mol. The van der Waals surface area contributed by atoms with Gasteiger partial charge in [0.15, 0.2) is 0 Å². The van der Waals surface area contributed by atoms with Crippen LogP contribution < -0.4 is 16.0 Å². The first-order chi connectivity index (χ1) is 19.3. The summed E-state index contributed by atoms with van der Waals surface area (Å²) >= 11 is 0. The third-order valence-corrected chi connectivity index (χ3v) is 9.07. The van der Waals surface area contributed by atoms with Crippen LogP contribution in [0, 0.1) is 0 Å². The summed E-state index contributed by atoms with van der Waals surface area (Å²) in [5, 5.41) is 57.0. The van der Waals surface area contributed by atoms with Gasteiger partial charge >= 0.3 is 0 Å². The predicted molar refractivity (Wildman–Crippen MR) is 156 cm³/mol. The number of nitrogens with one attached hydrogen (secondary N) is 3. The molecule has 1 fully saturated rings. The number of aliphatic hydroxyl groups is 5. The Balaban J connectivity index is 1.50. The Bertz CT molecular complexity index is 864. The number of ether oxygens (including phenoxy) is 2. The average Bonchev–Trinajstić information content (AvgIpc) is 3.48. The maximum absolute atomic E-state index is 12.1. The van der Waals surface area contributed by atoms with Gasteiger partial charge in [0, 0.05) is 41.9 Å². The van der Waals surface area contributed by atoms with Gasteiger partial charge in [-0.05, 0) is 37.5 Å². The zero-order chi connectivity index (χ0) is 29.2. The average molecular weight is 606 g/mol. The standard InChI is InChI=1S/C26H43N3O9S2/c30-16-22(32)26(36)25(35)21(31)15-28-18-4-3-5-19(14-18)29-24(34)17-38-12-11-37-10-9-27-23(33)7-2-1-6-20-8-13-39-40-20/h3-5,14,20-22,25-26,28,30-32,35-36H,1-2,6-13,15-17H2,(H,27,33)(H,29,34)/t20?,21?,22?,25-,26+/m0/s1. The van der Waals surface area contributed by atoms with E-state index in [4.69, 9.17) is 14.6 Å². The Morgan fingerprint density at radius 1 is 0.975 bits per heavy atom. The van der Waals surface area contributed by atoms with E-state index in [-0.39, 0.29) is 38.2 Å². The van der Waals surface area contributed by atoms with Crippen molar-refractivity contribution in [1.29, 1.82) is 0 Å². The van der Waals surface area contributed by atoms with Crippen LogP contribution in [0.4, 0.5) is 11.4 Å². The highest BCUT2D eigenvalue weighted by atomic mass is 33.1. The smallest absolute Gasteiger partial charge is 0.250 e. The molecule has 1 saturated heterocycles. The minimum atomic E-state index is -1.71. The monoisotopic (exact) mass is 605 g/mol. The van der Waals surface area contributed by atoms with Crippen LogP contribution >= 0.6 is 21.6 Å². The number of unbranched alkanes of at least 4 members (excludes halogenated alkanes) is 1. The van der Waals surface area contributed by atoms with E-state index >= 15 is 0 Å². The molecule has 1 aromatic carbocycles. The van der Waals surface area contributed by atoms with E-state index in [9.17, 15) is 30.0 Å². The van der Waals surface area contributed by atoms with Crippen LogP contribution in [0.1, 0.15) is 32.1 Å². The molecule has 8 N–H and O–H groups in total. The number of carbonyl (C=O) groups excluding carboxylic acids is 2. The first kappa shape index (κ1) is 34.6. The number of benzene rings is 1. The second-order valence-corrected chi connectivity index (χ2v) is 12.2. The van der Waals surface area contributed by atoms with Gasteiger partial charge in [-0.3, -0.25) is 9.59 Å². The Morgan fingerprint density at radius 2 is 1.73 bits per heavy atom. The zero-order valence-electron chi connectivity index (χ0n) is 22.6. The van der Waals surface area contributed by atoms with Crippen molar-refractivity contribution < 1.29 is 44.6 Å². The van der Waals surface area contributed by atoms with Gasteiger partial charge in [-0.1, -0.05) is 34.1 Å². The minimum absolute atomic E-state index is 0.0368. The van der Waals surface area contributed by atoms with Gasteiger partial charge in [0.1, 0.15) is 24.9 Å². The lowest BCUT2D eigenvalue weighted by Crippen LogP contribution is -2.48. The quantitative estimate of drug-likeness (QED) is 0.0710. The van der Waals surface area contributed by atoms with Crippen molar-refractivity contribution in [1.82, 2.24) is 5.32 Å². The predicted octanol–water partition coefficient (Wildman–Crippen LogP) is 0.336. The summed E-state index contributed by atoms with van der Waals surface area (Å²) in [4.78, 5) is 24.0. The van der Waals surface area contributed by atoms with Crippen LogP contribution in [0.15, 0.2) is 24.3 Å². The Morgan fingerprint density at radius 3 is 2.48 bits per heavy atom. The summed E-state index contributed by atoms with van der Waals surface area (Å²) in [7, 11) is 3.91. The maximum Gasteiger partial charge on any atom is 0.250 e. The molecule has 14 heteroatoms. The van der Waals surface area contributed by atoms with Crippen molar-refractivity contribution in [2.24, 2.45) is 0 Å². The van der Waals surface area contributed by atoms with E-state index in [2.05, 4.69) is 16.0 Å². The fraction of sp³-hybridized carbons (Fsp3) is 0.692. The van der Waals surface area contributed by atoms with Gasteiger partial charge in [0.2, 0.25) is 11.8 Å². The van der Waals surface area contributed by atoms with Crippen molar-refractivity contribution in [3.63, 3.8) is 0 Å². The normalized spacial score (nSPS) is 18.1. The van der Waals surface area contributed by atoms with Crippen molar-refractivity contribution in [2.75, 3.05) is 62.5 Å². The Labute approximate surface area is 243 Å². The number of carbonyl (C=O) groups is 2. The lowest BCUT2D eigenvalue weighted by molar-refractivity contribution is -0.122. The molecule has 1 aliphatic rings. The fourth-order valence-corrected chi connectivity index (χ4v) is 6.80. The number of hydrogen-bond acceptors (Lipinski definition) is 12. The Hall–Kier alpha value is -1.62. The number of aliphatic hydroxyl groups excluding tert-OH is 5. The van der Waals surface area contributed by atoms with Gasteiger partial charge in [-0.2, -0.15) is 0 Å². The molecule has 228 valence electrons. The summed E-state index contributed by atoms with van der Waals surface area (Å²) < 4.78 is 10.7. The zero-order valence-corrected chi connectivity index (χ0v) is 24.2. The number of rotatable bonds is 21. The van der Waals surface area contributed by atoms with Crippen molar-refractivity contribution >= 4 is 44.8 Å². The van der Waals surface area contributed by atoms with Gasteiger partial charge in [-0.15, -0.1) is 0 Å². The molecule has 5 atom stereocenters. The third-order valence-electron chi connectivity index (χ3n) is 6.07. The van der Waals surface area contributed by atoms with Crippen molar-refractivity contribution in [2.45, 2.75) is 61.8 Å². The van der Waals surface area contributed by atoms with E-state index < -0.39 is 31.0 Å². The first-order valence-corrected chi connectivity index (χ1v) is 15.9. The number of hydrogen-bond donors (Lipinski definition) is 8. The fourth-order valence-electron chi connectivity index (χ4n) is 3.77. The SMILES string of the molecule is O=C(CCCCC1CCSS1)NCCOCCOCC(=O)Nc1cccc(NCC(O)[C@H](O)[C@H](O)C(O)CO)c1. The highest BCUT2D eigenvalue weighted by Gasteiger charge is 2.29. The summed E-state index contributed by atoms with van der Waals surface area (Å²) in [5.74, 6) is 0.902. The molecule has 3 unspecified atom stereocenters. The summed E-state index contributed by atoms with van der Waals surface area (Å²) in [6, 6.07) is 6.63. The van der Waals surface area contributed by atoms with Crippen LogP contribution in [-0.2, 0) is 19.1 Å². The van der Waals surface area contributed by atoms with Crippen LogP contribution in [0.5, 0.6) is 0 Å². The molecule has 0 spiro atoms. The molecule has 0 bridgehead atoms. The van der Waals surface area contributed by atoms with Crippen molar-refractivity contribution in [3.05, 3.63) is 24.3 Å². The summed E-state index contributed by atoms with van der Waals surface area (Å²) in [6.45, 7) is 0.223. The van der Waals surface area contributed by atoms with E-state index in [0.29, 0.717) is 30.9 Å². The minimum Gasteiger partial charge on any atom is -0.394 e. The summed E-state index contributed by atoms with van der Waals surface area (Å²) in [6.07, 6.45) is -1.40. The molecule has 2 amide bonds. The largest absolute Gasteiger partial charge is 0.394 e. The second-order valence-electron chi connectivity index (χ2n) is 9.40. The van der Waals surface area contributed by atoms with Crippen LogP contribution in [0.25, 0.3) is 0 Å². The third kappa shape index (κ3) is 14.3. The first-order valence-electron chi connectivity index (χ1n) is 13.5. The molecule has 2 rings (SSSR count). The lowest BCUT2D eigenvalue weighted by Gasteiger charge is -2.26. The van der Waals surface area contributed by atoms with Gasteiger partial charge in [0.05, 0.1) is 32.5 Å². The number of anilines is 2. The van der Waals surface area contributed by atoms with Crippen LogP contribution in [0.3, 0.4) is 0 Å². The van der Waals surface area contributed by atoms with Gasteiger partial charge in [-0.25, -0.2) is 0 Å². The molecule has 0 radical (unpaired) electrons. The van der Waals surface area contributed by atoms with E-state index in [1.54, 1.807) is 24.3 Å². The molecule has 0 aromatic heterocycles. The molecule has 1 heterocycles. The van der Waals surface area contributed by atoms with E-state index in [0.717, 1.165) is 18.1 Å². The molecule has 40 heavy (non-hydrogen) atoms. The maximum atomic E-state index is 12.1. The van der Waals surface area contributed by atoms with E-state index in [1.165, 1.54) is 18.6 Å². The molecule has 0 saturated carbocycles. The molecule has 1 aliphatic heterocycles. The van der Waals surface area contributed by atoms with Gasteiger partial charge in [0.25, 0.3) is 0 Å². The second kappa shape index (κ2) is 20.3. The molecule has 1 aromatic rings. The summed E-state index contributed by atoms with van der Waals surface area (Å²) in [5.41, 5.74) is 1.01. The topological polar surface area (TPSA) is 190 Å². The lowest BCUT2D eigenvalue weighted by atomic mass is 10.0. The van der Waals surface area contributed by atoms with Gasteiger partial charge < -0.3 is 51.0 Å².